The topological polar surface area (TPSA) is 80.4 Å². The van der Waals surface area contributed by atoms with Gasteiger partial charge in [-0.25, -0.2) is 14.3 Å². The Morgan fingerprint density at radius 1 is 1.22 bits per heavy atom. The quantitative estimate of drug-likeness (QED) is 0.734. The van der Waals surface area contributed by atoms with E-state index >= 15 is 0 Å². The highest BCUT2D eigenvalue weighted by Crippen LogP contribution is 2.20. The fourth-order valence-electron chi connectivity index (χ4n) is 1.70. The smallest absolute Gasteiger partial charge is 0.335 e. The van der Waals surface area contributed by atoms with E-state index in [0.29, 0.717) is 11.3 Å². The zero-order valence-electron chi connectivity index (χ0n) is 9.19. The molecule has 6 heteroatoms. The van der Waals surface area contributed by atoms with E-state index in [9.17, 15) is 4.79 Å². The van der Waals surface area contributed by atoms with Crippen molar-refractivity contribution < 1.29 is 9.90 Å². The third kappa shape index (κ3) is 1.60. The second-order valence-electron chi connectivity index (χ2n) is 3.71. The van der Waals surface area contributed by atoms with E-state index in [-0.39, 0.29) is 5.56 Å². The maximum Gasteiger partial charge on any atom is 0.335 e. The number of carboxylic acids is 1. The molecule has 0 aliphatic rings. The van der Waals surface area contributed by atoms with Gasteiger partial charge in [-0.2, -0.15) is 0 Å². The van der Waals surface area contributed by atoms with E-state index in [1.807, 2.05) is 0 Å². The molecule has 0 atom stereocenters. The van der Waals surface area contributed by atoms with Crippen LogP contribution in [0.1, 0.15) is 10.4 Å². The third-order valence-electron chi connectivity index (χ3n) is 2.59. The molecule has 0 saturated carbocycles. The van der Waals surface area contributed by atoms with Crippen molar-refractivity contribution in [1.29, 1.82) is 0 Å². The molecule has 0 radical (unpaired) electrons. The minimum atomic E-state index is -0.951. The Bertz CT molecular complexity index is 718. The third-order valence-corrected chi connectivity index (χ3v) is 2.59. The predicted molar refractivity (Wildman–Crippen MR) is 63.2 cm³/mol. The Kier molecular flexibility index (Phi) is 2.26. The highest BCUT2D eigenvalue weighted by atomic mass is 16.4. The second-order valence-corrected chi connectivity index (χ2v) is 3.71. The normalized spacial score (nSPS) is 10.7. The first kappa shape index (κ1) is 10.4. The summed E-state index contributed by atoms with van der Waals surface area (Å²) in [6.45, 7) is 0. The average Bonchev–Trinajstić information content (AvgIpc) is 2.82. The van der Waals surface area contributed by atoms with Crippen LogP contribution in [0.4, 0.5) is 0 Å². The Balaban J connectivity index is 2.12. The molecule has 18 heavy (non-hydrogen) atoms. The van der Waals surface area contributed by atoms with Crippen molar-refractivity contribution >= 4 is 11.6 Å². The Morgan fingerprint density at radius 3 is 2.72 bits per heavy atom. The molecule has 0 aliphatic carbocycles. The molecule has 0 fully saturated rings. The minimum Gasteiger partial charge on any atom is -0.478 e. The molecule has 2 heterocycles. The number of hydrogen-bond acceptors (Lipinski definition) is 4. The Labute approximate surface area is 102 Å². The van der Waals surface area contributed by atoms with Gasteiger partial charge in [0.1, 0.15) is 5.69 Å². The van der Waals surface area contributed by atoms with Gasteiger partial charge in [0.25, 0.3) is 0 Å². The Hall–Kier alpha value is -2.76. The summed E-state index contributed by atoms with van der Waals surface area (Å²) < 4.78 is 1.57. The van der Waals surface area contributed by atoms with Gasteiger partial charge in [0, 0.05) is 18.0 Å². The van der Waals surface area contributed by atoms with Crippen LogP contribution < -0.4 is 0 Å². The highest BCUT2D eigenvalue weighted by Gasteiger charge is 2.10. The number of nitrogens with zero attached hydrogens (tertiary/aromatic N) is 4. The summed E-state index contributed by atoms with van der Waals surface area (Å²) >= 11 is 0. The number of benzene rings is 1. The summed E-state index contributed by atoms with van der Waals surface area (Å²) in [4.78, 5) is 15.0. The number of rotatable bonds is 2. The van der Waals surface area contributed by atoms with E-state index in [4.69, 9.17) is 5.11 Å². The molecule has 1 aromatic carbocycles. The van der Waals surface area contributed by atoms with E-state index < -0.39 is 5.97 Å². The summed E-state index contributed by atoms with van der Waals surface area (Å²) in [5.41, 5.74) is 2.30. The molecule has 0 unspecified atom stereocenters. The maximum absolute atomic E-state index is 10.8. The average molecular weight is 240 g/mol. The highest BCUT2D eigenvalue weighted by molar-refractivity contribution is 5.88. The largest absolute Gasteiger partial charge is 0.478 e. The zero-order chi connectivity index (χ0) is 12.5. The zero-order valence-corrected chi connectivity index (χ0v) is 9.19. The molecule has 3 rings (SSSR count). The molecular weight excluding hydrogens is 232 g/mol. The number of aromatic nitrogens is 4. The van der Waals surface area contributed by atoms with Crippen LogP contribution in [-0.4, -0.2) is 30.9 Å². The van der Waals surface area contributed by atoms with Crippen LogP contribution in [0.5, 0.6) is 0 Å². The van der Waals surface area contributed by atoms with Gasteiger partial charge in [-0.15, -0.1) is 5.10 Å². The second kappa shape index (κ2) is 3.92. The van der Waals surface area contributed by atoms with Crippen molar-refractivity contribution in [3.05, 3.63) is 48.3 Å². The van der Waals surface area contributed by atoms with Gasteiger partial charge in [-0.1, -0.05) is 17.3 Å². The van der Waals surface area contributed by atoms with Gasteiger partial charge in [-0.3, -0.25) is 0 Å². The number of carbonyl (C=O) groups is 1. The van der Waals surface area contributed by atoms with Gasteiger partial charge in [-0.05, 0) is 18.2 Å². The van der Waals surface area contributed by atoms with Gasteiger partial charge in [0.05, 0.1) is 5.56 Å². The van der Waals surface area contributed by atoms with E-state index in [1.54, 1.807) is 35.1 Å². The van der Waals surface area contributed by atoms with E-state index in [2.05, 4.69) is 15.3 Å². The molecule has 3 aromatic rings. The lowest BCUT2D eigenvalue weighted by atomic mass is 10.1. The van der Waals surface area contributed by atoms with Crippen LogP contribution in [0.2, 0.25) is 0 Å². The molecule has 0 aliphatic heterocycles. The van der Waals surface area contributed by atoms with Crippen molar-refractivity contribution in [1.82, 2.24) is 19.8 Å². The molecule has 2 aromatic heterocycles. The van der Waals surface area contributed by atoms with Crippen LogP contribution in [-0.2, 0) is 0 Å². The lowest BCUT2D eigenvalue weighted by Crippen LogP contribution is -1.95. The Morgan fingerprint density at radius 2 is 2.00 bits per heavy atom. The summed E-state index contributed by atoms with van der Waals surface area (Å²) in [6.07, 6.45) is 3.41. The summed E-state index contributed by atoms with van der Waals surface area (Å²) in [5, 5.41) is 16.8. The van der Waals surface area contributed by atoms with E-state index in [1.165, 1.54) is 12.1 Å². The molecule has 0 spiro atoms. The van der Waals surface area contributed by atoms with Crippen LogP contribution in [0.3, 0.4) is 0 Å². The van der Waals surface area contributed by atoms with Gasteiger partial charge in [0.15, 0.2) is 5.65 Å². The maximum atomic E-state index is 10.8. The first-order chi connectivity index (χ1) is 8.75. The molecule has 6 nitrogen and oxygen atoms in total. The molecule has 0 saturated heterocycles. The molecular formula is C12H8N4O2. The van der Waals surface area contributed by atoms with Crippen LogP contribution >= 0.6 is 0 Å². The van der Waals surface area contributed by atoms with Crippen molar-refractivity contribution in [3.8, 4) is 11.3 Å². The van der Waals surface area contributed by atoms with Gasteiger partial charge >= 0.3 is 5.97 Å². The SMILES string of the molecule is O=C(O)c1ccc(-c2nnn3cccnc23)cc1. The summed E-state index contributed by atoms with van der Waals surface area (Å²) in [7, 11) is 0. The number of hydrogen-bond donors (Lipinski definition) is 1. The number of carboxylic acid groups (broad SMARTS) is 1. The lowest BCUT2D eigenvalue weighted by molar-refractivity contribution is 0.0697. The van der Waals surface area contributed by atoms with Crippen molar-refractivity contribution in [2.75, 3.05) is 0 Å². The standard InChI is InChI=1S/C12H8N4O2/c17-12(18)9-4-2-8(3-5-9)10-11-13-6-1-7-16(11)15-14-10/h1-7H,(H,17,18). The monoisotopic (exact) mass is 240 g/mol. The van der Waals surface area contributed by atoms with Crippen molar-refractivity contribution in [2.24, 2.45) is 0 Å². The van der Waals surface area contributed by atoms with Gasteiger partial charge in [0.2, 0.25) is 0 Å². The fourth-order valence-corrected chi connectivity index (χ4v) is 1.70. The van der Waals surface area contributed by atoms with Gasteiger partial charge < -0.3 is 5.11 Å². The van der Waals surface area contributed by atoms with E-state index in [0.717, 1.165) is 5.56 Å². The first-order valence-electron chi connectivity index (χ1n) is 5.25. The van der Waals surface area contributed by atoms with Crippen LogP contribution in [0, 0.1) is 0 Å². The lowest BCUT2D eigenvalue weighted by Gasteiger charge is -1.98. The van der Waals surface area contributed by atoms with Crippen LogP contribution in [0.15, 0.2) is 42.7 Å². The molecule has 1 N–H and O–H groups in total. The first-order valence-corrected chi connectivity index (χ1v) is 5.25. The predicted octanol–water partition coefficient (Wildman–Crippen LogP) is 1.49. The molecule has 0 bridgehead atoms. The van der Waals surface area contributed by atoms with Crippen LogP contribution in [0.25, 0.3) is 16.9 Å². The molecule has 0 amide bonds. The fraction of sp³-hybridized carbons (Fsp3) is 0. The number of fused-ring (bicyclic) bond motifs is 1. The summed E-state index contributed by atoms with van der Waals surface area (Å²) in [5.74, 6) is -0.951. The minimum absolute atomic E-state index is 0.239. The van der Waals surface area contributed by atoms with Crippen molar-refractivity contribution in [2.45, 2.75) is 0 Å². The number of aromatic carboxylic acids is 1. The molecule has 88 valence electrons. The van der Waals surface area contributed by atoms with Crippen molar-refractivity contribution in [3.63, 3.8) is 0 Å². The summed E-state index contributed by atoms with van der Waals surface area (Å²) in [6, 6.07) is 8.22.